The number of alkyl halides is 3. The van der Waals surface area contributed by atoms with Gasteiger partial charge in [0.15, 0.2) is 0 Å². The average Bonchev–Trinajstić information content (AvgIpc) is 2.37. The molecule has 0 unspecified atom stereocenters. The molecule has 0 aromatic heterocycles. The fourth-order valence-corrected chi connectivity index (χ4v) is 1.48. The Morgan fingerprint density at radius 3 is 2.53 bits per heavy atom. The zero-order chi connectivity index (χ0) is 14.3. The van der Waals surface area contributed by atoms with Gasteiger partial charge in [0.2, 0.25) is 0 Å². The Bertz CT molecular complexity index is 430. The monoisotopic (exact) mass is 275 g/mol. The van der Waals surface area contributed by atoms with Crippen LogP contribution in [0.4, 0.5) is 13.2 Å². The minimum atomic E-state index is -4.26. The van der Waals surface area contributed by atoms with E-state index in [4.69, 9.17) is 9.47 Å². The van der Waals surface area contributed by atoms with Crippen molar-refractivity contribution in [1.29, 1.82) is 0 Å². The maximum absolute atomic E-state index is 11.9. The van der Waals surface area contributed by atoms with Gasteiger partial charge in [-0.05, 0) is 6.07 Å². The number of benzene rings is 1. The molecule has 6 heteroatoms. The Labute approximate surface area is 110 Å². The van der Waals surface area contributed by atoms with Crippen LogP contribution in [0, 0.1) is 0 Å². The van der Waals surface area contributed by atoms with E-state index >= 15 is 0 Å². The molecule has 0 amide bonds. The summed E-state index contributed by atoms with van der Waals surface area (Å²) in [7, 11) is 3.08. The van der Waals surface area contributed by atoms with E-state index in [0.717, 1.165) is 11.6 Å². The van der Waals surface area contributed by atoms with Crippen LogP contribution >= 0.6 is 0 Å². The van der Waals surface area contributed by atoms with Crippen LogP contribution in [-0.4, -0.2) is 26.9 Å². The lowest BCUT2D eigenvalue weighted by molar-refractivity contribution is -0.0800. The molecule has 0 heterocycles. The molecule has 0 saturated heterocycles. The Balaban J connectivity index is 2.51. The van der Waals surface area contributed by atoms with E-state index in [2.05, 4.69) is 5.32 Å². The third kappa shape index (κ3) is 5.65. The lowest BCUT2D eigenvalue weighted by Gasteiger charge is -2.10. The number of hydrogen-bond donors (Lipinski definition) is 1. The van der Waals surface area contributed by atoms with Crippen molar-refractivity contribution in [3.05, 3.63) is 35.9 Å². The lowest BCUT2D eigenvalue weighted by Crippen LogP contribution is -2.14. The van der Waals surface area contributed by atoms with Gasteiger partial charge in [-0.25, -0.2) is 0 Å². The average molecular weight is 275 g/mol. The maximum atomic E-state index is 11.9. The molecule has 0 aliphatic heterocycles. The molecule has 0 spiro atoms. The minimum absolute atomic E-state index is 0.134. The number of halogens is 3. The molecule has 0 fully saturated rings. The van der Waals surface area contributed by atoms with Crippen LogP contribution in [-0.2, 0) is 6.54 Å². The van der Waals surface area contributed by atoms with E-state index in [1.165, 1.54) is 7.11 Å². The quantitative estimate of drug-likeness (QED) is 0.639. The topological polar surface area (TPSA) is 30.5 Å². The SMILES string of the molecule is COc1ccc(CNC/C=C/C(F)(F)F)c(OC)c1. The van der Waals surface area contributed by atoms with Gasteiger partial charge in [0.25, 0.3) is 0 Å². The van der Waals surface area contributed by atoms with Gasteiger partial charge in [-0.15, -0.1) is 0 Å². The lowest BCUT2D eigenvalue weighted by atomic mass is 10.2. The Kier molecular flexibility index (Phi) is 5.69. The van der Waals surface area contributed by atoms with Gasteiger partial charge in [0.05, 0.1) is 14.2 Å². The third-order valence-electron chi connectivity index (χ3n) is 2.38. The van der Waals surface area contributed by atoms with E-state index in [9.17, 15) is 13.2 Å². The van der Waals surface area contributed by atoms with E-state index in [1.807, 2.05) is 0 Å². The molecule has 106 valence electrons. The van der Waals surface area contributed by atoms with Crippen LogP contribution in [0.5, 0.6) is 11.5 Å². The fraction of sp³-hybridized carbons (Fsp3) is 0.385. The fourth-order valence-electron chi connectivity index (χ4n) is 1.48. The van der Waals surface area contributed by atoms with Gasteiger partial charge in [-0.2, -0.15) is 13.2 Å². The Hall–Kier alpha value is -1.69. The molecule has 1 aromatic rings. The summed E-state index contributed by atoms with van der Waals surface area (Å²) in [4.78, 5) is 0. The van der Waals surface area contributed by atoms with Gasteiger partial charge >= 0.3 is 6.18 Å². The predicted octanol–water partition coefficient (Wildman–Crippen LogP) is 2.91. The molecule has 1 aromatic carbocycles. The van der Waals surface area contributed by atoms with E-state index in [-0.39, 0.29) is 12.6 Å². The minimum Gasteiger partial charge on any atom is -0.497 e. The summed E-state index contributed by atoms with van der Waals surface area (Å²) in [5.41, 5.74) is 0.851. The van der Waals surface area contributed by atoms with Crippen molar-refractivity contribution < 1.29 is 22.6 Å². The summed E-state index contributed by atoms with van der Waals surface area (Å²) in [5.74, 6) is 1.30. The van der Waals surface area contributed by atoms with Crippen molar-refractivity contribution >= 4 is 0 Å². The zero-order valence-electron chi connectivity index (χ0n) is 10.8. The van der Waals surface area contributed by atoms with Crippen molar-refractivity contribution in [2.45, 2.75) is 12.7 Å². The van der Waals surface area contributed by atoms with Gasteiger partial charge < -0.3 is 14.8 Å². The molecule has 0 aliphatic rings. The zero-order valence-corrected chi connectivity index (χ0v) is 10.8. The van der Waals surface area contributed by atoms with Crippen LogP contribution in [0.3, 0.4) is 0 Å². The van der Waals surface area contributed by atoms with Crippen LogP contribution < -0.4 is 14.8 Å². The Morgan fingerprint density at radius 2 is 1.95 bits per heavy atom. The molecule has 19 heavy (non-hydrogen) atoms. The molecule has 0 radical (unpaired) electrons. The first-order valence-corrected chi connectivity index (χ1v) is 5.62. The summed E-state index contributed by atoms with van der Waals surface area (Å²) in [6.45, 7) is 0.546. The maximum Gasteiger partial charge on any atom is 0.409 e. The highest BCUT2D eigenvalue weighted by Gasteiger charge is 2.21. The number of allylic oxidation sites excluding steroid dienone is 1. The van der Waals surface area contributed by atoms with E-state index in [0.29, 0.717) is 18.0 Å². The van der Waals surface area contributed by atoms with Gasteiger partial charge in [0.1, 0.15) is 11.5 Å². The second kappa shape index (κ2) is 7.04. The molecule has 1 N–H and O–H groups in total. The second-order valence-electron chi connectivity index (χ2n) is 3.75. The van der Waals surface area contributed by atoms with Crippen LogP contribution in [0.15, 0.2) is 30.4 Å². The highest BCUT2D eigenvalue weighted by molar-refractivity contribution is 5.40. The first kappa shape index (κ1) is 15.4. The largest absolute Gasteiger partial charge is 0.497 e. The molecule has 0 saturated carbocycles. The number of hydrogen-bond acceptors (Lipinski definition) is 3. The molecular weight excluding hydrogens is 259 g/mol. The van der Waals surface area contributed by atoms with E-state index in [1.54, 1.807) is 25.3 Å². The standard InChI is InChI=1S/C13H16F3NO2/c1-18-11-5-4-10(12(8-11)19-2)9-17-7-3-6-13(14,15)16/h3-6,8,17H,7,9H2,1-2H3/b6-3+. The normalized spacial score (nSPS) is 11.8. The molecular formula is C13H16F3NO2. The molecule has 0 aliphatic carbocycles. The molecule has 0 atom stereocenters. The summed E-state index contributed by atoms with van der Waals surface area (Å²) in [6, 6.07) is 5.30. The van der Waals surface area contributed by atoms with Crippen molar-refractivity contribution in [2.75, 3.05) is 20.8 Å². The predicted molar refractivity (Wildman–Crippen MR) is 66.4 cm³/mol. The smallest absolute Gasteiger partial charge is 0.409 e. The summed E-state index contributed by atoms with van der Waals surface area (Å²) < 4.78 is 45.8. The van der Waals surface area contributed by atoms with Gasteiger partial charge in [-0.3, -0.25) is 0 Å². The first-order chi connectivity index (χ1) is 8.96. The highest BCUT2D eigenvalue weighted by atomic mass is 19.4. The summed E-state index contributed by atoms with van der Waals surface area (Å²) >= 11 is 0. The molecule has 1 rings (SSSR count). The Morgan fingerprint density at radius 1 is 1.21 bits per heavy atom. The number of nitrogens with one attached hydrogen (secondary N) is 1. The number of ether oxygens (including phenoxy) is 2. The van der Waals surface area contributed by atoms with Gasteiger partial charge in [0, 0.05) is 30.8 Å². The van der Waals surface area contributed by atoms with Crippen LogP contribution in [0.25, 0.3) is 0 Å². The van der Waals surface area contributed by atoms with Crippen LogP contribution in [0.1, 0.15) is 5.56 Å². The van der Waals surface area contributed by atoms with Gasteiger partial charge in [-0.1, -0.05) is 12.1 Å². The number of rotatable bonds is 6. The van der Waals surface area contributed by atoms with Crippen molar-refractivity contribution in [2.24, 2.45) is 0 Å². The highest BCUT2D eigenvalue weighted by Crippen LogP contribution is 2.24. The second-order valence-corrected chi connectivity index (χ2v) is 3.75. The van der Waals surface area contributed by atoms with Crippen molar-refractivity contribution in [3.8, 4) is 11.5 Å². The van der Waals surface area contributed by atoms with Crippen molar-refractivity contribution in [1.82, 2.24) is 5.32 Å². The first-order valence-electron chi connectivity index (χ1n) is 5.62. The molecule has 0 bridgehead atoms. The third-order valence-corrected chi connectivity index (χ3v) is 2.38. The number of methoxy groups -OCH3 is 2. The summed E-state index contributed by atoms with van der Waals surface area (Å²) in [5, 5.41) is 2.88. The van der Waals surface area contributed by atoms with Crippen molar-refractivity contribution in [3.63, 3.8) is 0 Å². The molecule has 3 nitrogen and oxygen atoms in total. The summed E-state index contributed by atoms with van der Waals surface area (Å²) in [6.07, 6.45) is -3.01. The van der Waals surface area contributed by atoms with E-state index < -0.39 is 6.18 Å². The van der Waals surface area contributed by atoms with Crippen LogP contribution in [0.2, 0.25) is 0 Å².